The summed E-state index contributed by atoms with van der Waals surface area (Å²) in [4.78, 5) is 7.34. The molecule has 2 atom stereocenters. The van der Waals surface area contributed by atoms with Crippen LogP contribution in [0.5, 0.6) is 5.88 Å². The van der Waals surface area contributed by atoms with Crippen LogP contribution in [0.4, 0.5) is 0 Å². The highest BCUT2D eigenvalue weighted by Crippen LogP contribution is 2.49. The maximum Gasteiger partial charge on any atom is 0.217 e. The van der Waals surface area contributed by atoms with Gasteiger partial charge in [-0.1, -0.05) is 140 Å². The van der Waals surface area contributed by atoms with E-state index in [-0.39, 0.29) is 0 Å². The predicted molar refractivity (Wildman–Crippen MR) is 197 cm³/mol. The van der Waals surface area contributed by atoms with E-state index >= 15 is 0 Å². The maximum atomic E-state index is 13.6. The SMILES string of the molecule is COc1nc2ccc(-c3ccccc3)cc2cc1C(c1ccccc1)C(O)(CCN(C)Cc1ccccc1)c1cccc2ccccc12. The minimum Gasteiger partial charge on any atom is -0.481 e. The molecule has 238 valence electrons. The molecular weight excluding hydrogens is 588 g/mol. The van der Waals surface area contributed by atoms with Crippen molar-refractivity contribution in [3.63, 3.8) is 0 Å². The molecule has 1 aromatic heterocycles. The minimum atomic E-state index is -1.33. The molecular formula is C44H40N2O2. The Labute approximate surface area is 282 Å². The number of hydrogen-bond donors (Lipinski definition) is 1. The van der Waals surface area contributed by atoms with Crippen LogP contribution in [0.15, 0.2) is 158 Å². The Balaban J connectivity index is 1.42. The van der Waals surface area contributed by atoms with Gasteiger partial charge in [0.2, 0.25) is 5.88 Å². The van der Waals surface area contributed by atoms with Crippen molar-refractivity contribution in [2.24, 2.45) is 0 Å². The monoisotopic (exact) mass is 628 g/mol. The third-order valence-corrected chi connectivity index (χ3v) is 9.46. The predicted octanol–water partition coefficient (Wildman–Crippen LogP) is 9.61. The van der Waals surface area contributed by atoms with Crippen LogP contribution >= 0.6 is 0 Å². The van der Waals surface area contributed by atoms with Gasteiger partial charge in [-0.15, -0.1) is 0 Å². The summed E-state index contributed by atoms with van der Waals surface area (Å²) >= 11 is 0. The van der Waals surface area contributed by atoms with E-state index in [0.717, 1.165) is 56.0 Å². The van der Waals surface area contributed by atoms with Gasteiger partial charge in [-0.3, -0.25) is 0 Å². The van der Waals surface area contributed by atoms with Gasteiger partial charge >= 0.3 is 0 Å². The number of benzene rings is 6. The highest BCUT2D eigenvalue weighted by molar-refractivity contribution is 5.88. The number of methoxy groups -OCH3 is 1. The van der Waals surface area contributed by atoms with E-state index in [9.17, 15) is 5.11 Å². The van der Waals surface area contributed by atoms with Crippen LogP contribution in [0.2, 0.25) is 0 Å². The van der Waals surface area contributed by atoms with Gasteiger partial charge in [-0.2, -0.15) is 0 Å². The van der Waals surface area contributed by atoms with Crippen LogP contribution in [0, 0.1) is 0 Å². The van der Waals surface area contributed by atoms with Gasteiger partial charge in [0.15, 0.2) is 0 Å². The first-order chi connectivity index (χ1) is 23.5. The van der Waals surface area contributed by atoms with Crippen molar-refractivity contribution in [3.05, 3.63) is 180 Å². The molecule has 48 heavy (non-hydrogen) atoms. The molecule has 0 radical (unpaired) electrons. The van der Waals surface area contributed by atoms with E-state index in [2.05, 4.69) is 133 Å². The van der Waals surface area contributed by atoms with Crippen molar-refractivity contribution in [2.45, 2.75) is 24.5 Å². The van der Waals surface area contributed by atoms with Gasteiger partial charge < -0.3 is 14.7 Å². The number of ether oxygens (including phenoxy) is 1. The zero-order valence-electron chi connectivity index (χ0n) is 27.5. The number of rotatable bonds is 11. The smallest absolute Gasteiger partial charge is 0.217 e. The van der Waals surface area contributed by atoms with Crippen molar-refractivity contribution in [2.75, 3.05) is 20.7 Å². The Bertz CT molecular complexity index is 2130. The highest BCUT2D eigenvalue weighted by atomic mass is 16.5. The fourth-order valence-corrected chi connectivity index (χ4v) is 7.09. The summed E-state index contributed by atoms with van der Waals surface area (Å²) in [6.07, 6.45) is 0.481. The van der Waals surface area contributed by atoms with Crippen molar-refractivity contribution in [1.29, 1.82) is 0 Å². The topological polar surface area (TPSA) is 45.6 Å². The van der Waals surface area contributed by atoms with E-state index in [1.807, 2.05) is 36.4 Å². The Morgan fingerprint density at radius 3 is 2.10 bits per heavy atom. The van der Waals surface area contributed by atoms with E-state index in [4.69, 9.17) is 9.72 Å². The molecule has 0 spiro atoms. The lowest BCUT2D eigenvalue weighted by Crippen LogP contribution is -2.38. The van der Waals surface area contributed by atoms with Crippen molar-refractivity contribution in [1.82, 2.24) is 9.88 Å². The number of aliphatic hydroxyl groups is 1. The summed E-state index contributed by atoms with van der Waals surface area (Å²) in [5, 5.41) is 16.7. The highest BCUT2D eigenvalue weighted by Gasteiger charge is 2.43. The summed E-state index contributed by atoms with van der Waals surface area (Å²) in [5.74, 6) is 0.0296. The van der Waals surface area contributed by atoms with Gasteiger partial charge in [-0.05, 0) is 70.3 Å². The Kier molecular flexibility index (Phi) is 9.02. The van der Waals surface area contributed by atoms with Gasteiger partial charge in [0, 0.05) is 30.0 Å². The number of hydrogen-bond acceptors (Lipinski definition) is 4. The summed E-state index contributed by atoms with van der Waals surface area (Å²) in [6.45, 7) is 1.45. The van der Waals surface area contributed by atoms with Crippen LogP contribution < -0.4 is 4.74 Å². The minimum absolute atomic E-state index is 0.481. The number of pyridine rings is 1. The van der Waals surface area contributed by atoms with Crippen LogP contribution in [0.1, 0.15) is 34.6 Å². The lowest BCUT2D eigenvalue weighted by molar-refractivity contribution is 0.00308. The number of nitrogens with zero attached hydrogens (tertiary/aromatic N) is 2. The first kappa shape index (κ1) is 31.3. The molecule has 0 aliphatic heterocycles. The van der Waals surface area contributed by atoms with E-state index in [1.165, 1.54) is 5.56 Å². The zero-order chi connectivity index (χ0) is 32.9. The van der Waals surface area contributed by atoms with Crippen LogP contribution in [-0.4, -0.2) is 35.7 Å². The summed E-state index contributed by atoms with van der Waals surface area (Å²) in [6, 6.07) is 54.3. The van der Waals surface area contributed by atoms with Crippen molar-refractivity contribution in [3.8, 4) is 17.0 Å². The van der Waals surface area contributed by atoms with Gasteiger partial charge in [-0.25, -0.2) is 4.98 Å². The molecule has 2 unspecified atom stereocenters. The first-order valence-corrected chi connectivity index (χ1v) is 16.6. The van der Waals surface area contributed by atoms with E-state index in [0.29, 0.717) is 18.8 Å². The third-order valence-electron chi connectivity index (χ3n) is 9.46. The molecule has 4 nitrogen and oxygen atoms in total. The lowest BCUT2D eigenvalue weighted by atomic mass is 9.70. The van der Waals surface area contributed by atoms with Crippen LogP contribution in [0.3, 0.4) is 0 Å². The first-order valence-electron chi connectivity index (χ1n) is 16.6. The molecule has 7 aromatic rings. The maximum absolute atomic E-state index is 13.6. The normalized spacial score (nSPS) is 13.4. The zero-order valence-corrected chi connectivity index (χ0v) is 27.5. The van der Waals surface area contributed by atoms with Gasteiger partial charge in [0.05, 0.1) is 12.6 Å². The Morgan fingerprint density at radius 2 is 1.35 bits per heavy atom. The lowest BCUT2D eigenvalue weighted by Gasteiger charge is -2.40. The fourth-order valence-electron chi connectivity index (χ4n) is 7.09. The summed E-state index contributed by atoms with van der Waals surface area (Å²) in [7, 11) is 3.79. The Morgan fingerprint density at radius 1 is 0.688 bits per heavy atom. The molecule has 0 aliphatic rings. The molecule has 1 N–H and O–H groups in total. The summed E-state index contributed by atoms with van der Waals surface area (Å²) < 4.78 is 6.06. The standard InChI is InChI=1S/C44H40N2O2/c1-46(31-32-15-6-3-7-16-32)28-27-44(47,40-24-14-22-34-19-12-13-23-38(34)40)42(35-20-10-5-11-21-35)39-30-37-29-36(33-17-8-4-9-18-33)25-26-41(37)45-43(39)48-2/h3-26,29-30,42,47H,27-28,31H2,1-2H3. The van der Waals surface area contributed by atoms with Gasteiger partial charge in [0.25, 0.3) is 0 Å². The third kappa shape index (κ3) is 6.33. The Hall–Kier alpha value is -5.29. The van der Waals surface area contributed by atoms with Crippen molar-refractivity contribution >= 4 is 21.7 Å². The molecule has 0 fully saturated rings. The fraction of sp³-hybridized carbons (Fsp3) is 0.159. The van der Waals surface area contributed by atoms with Crippen LogP contribution in [0.25, 0.3) is 32.8 Å². The molecule has 0 amide bonds. The average Bonchev–Trinajstić information content (AvgIpc) is 3.14. The average molecular weight is 629 g/mol. The molecule has 0 saturated heterocycles. The molecule has 4 heteroatoms. The summed E-state index contributed by atoms with van der Waals surface area (Å²) in [5.41, 5.74) is 5.76. The van der Waals surface area contributed by atoms with E-state index < -0.39 is 11.5 Å². The second kappa shape index (κ2) is 13.8. The number of aromatic nitrogens is 1. The molecule has 6 aromatic carbocycles. The quantitative estimate of drug-likeness (QED) is 0.155. The molecule has 1 heterocycles. The largest absolute Gasteiger partial charge is 0.481 e. The van der Waals surface area contributed by atoms with Crippen LogP contribution in [-0.2, 0) is 12.1 Å². The molecule has 7 rings (SSSR count). The number of fused-ring (bicyclic) bond motifs is 2. The van der Waals surface area contributed by atoms with E-state index in [1.54, 1.807) is 7.11 Å². The van der Waals surface area contributed by atoms with Crippen molar-refractivity contribution < 1.29 is 9.84 Å². The second-order valence-electron chi connectivity index (χ2n) is 12.6. The molecule has 0 aliphatic carbocycles. The molecule has 0 saturated carbocycles. The second-order valence-corrected chi connectivity index (χ2v) is 12.6. The molecule has 0 bridgehead atoms. The van der Waals surface area contributed by atoms with Gasteiger partial charge in [0.1, 0.15) is 5.60 Å².